The number of carbonyl (C=O) groups excluding carboxylic acids is 1. The number of hydrogen-bond donors (Lipinski definition) is 1. The molecule has 4 rings (SSSR count). The largest absolute Gasteiger partial charge is 0.356 e. The van der Waals surface area contributed by atoms with Gasteiger partial charge < -0.3 is 5.32 Å². The normalized spacial score (nSPS) is 10.8. The third-order valence-corrected chi connectivity index (χ3v) is 6.11. The fourth-order valence-corrected chi connectivity index (χ4v) is 4.33. The van der Waals surface area contributed by atoms with E-state index in [1.54, 1.807) is 0 Å². The molecule has 1 N–H and O–H groups in total. The third kappa shape index (κ3) is 4.53. The highest BCUT2D eigenvalue weighted by Gasteiger charge is 2.10. The van der Waals surface area contributed by atoms with Gasteiger partial charge in [-0.25, -0.2) is 0 Å². The molecule has 1 heterocycles. The highest BCUT2D eigenvalue weighted by Crippen LogP contribution is 2.27. The lowest BCUT2D eigenvalue weighted by Gasteiger charge is -2.02. The summed E-state index contributed by atoms with van der Waals surface area (Å²) in [4.78, 5) is 12.5. The van der Waals surface area contributed by atoms with E-state index in [0.717, 1.165) is 25.8 Å². The van der Waals surface area contributed by atoms with E-state index in [9.17, 15) is 4.79 Å². The van der Waals surface area contributed by atoms with Crippen LogP contribution in [0, 0.1) is 0 Å². The third-order valence-electron chi connectivity index (χ3n) is 4.09. The summed E-state index contributed by atoms with van der Waals surface area (Å²) in [6, 6.07) is 24.0. The number of rotatable bonds is 7. The maximum Gasteiger partial charge on any atom is 0.206 e. The van der Waals surface area contributed by atoms with Crippen molar-refractivity contribution in [1.82, 2.24) is 10.2 Å². The number of Topliss-reactive ketones (excluding diaryl/α,β-unsaturated/α-hetero) is 1. The minimum atomic E-state index is 0.0970. The first-order valence-corrected chi connectivity index (χ1v) is 10.3. The molecule has 6 heteroatoms. The van der Waals surface area contributed by atoms with E-state index in [1.165, 1.54) is 28.7 Å². The number of fused-ring (bicyclic) bond motifs is 1. The van der Waals surface area contributed by atoms with E-state index in [2.05, 4.69) is 27.6 Å². The molecule has 0 saturated heterocycles. The predicted octanol–water partition coefficient (Wildman–Crippen LogP) is 5.28. The summed E-state index contributed by atoms with van der Waals surface area (Å²) in [5.41, 5.74) is 1.92. The summed E-state index contributed by atoms with van der Waals surface area (Å²) in [7, 11) is 0. The van der Waals surface area contributed by atoms with Gasteiger partial charge in [0.1, 0.15) is 0 Å². The summed E-state index contributed by atoms with van der Waals surface area (Å²) in [5.74, 6) is 0.450. The molecule has 0 spiro atoms. The zero-order valence-corrected chi connectivity index (χ0v) is 16.1. The molecule has 0 atom stereocenters. The van der Waals surface area contributed by atoms with Crippen LogP contribution in [0.3, 0.4) is 0 Å². The minimum absolute atomic E-state index is 0.0970. The Bertz CT molecular complexity index is 1060. The second-order valence-electron chi connectivity index (χ2n) is 5.99. The zero-order valence-electron chi connectivity index (χ0n) is 14.5. The highest BCUT2D eigenvalue weighted by atomic mass is 32.2. The molecule has 0 bridgehead atoms. The Kier molecular flexibility index (Phi) is 5.46. The van der Waals surface area contributed by atoms with Crippen LogP contribution in [0.15, 0.2) is 77.1 Å². The second kappa shape index (κ2) is 8.33. The summed E-state index contributed by atoms with van der Waals surface area (Å²) in [6.07, 6.45) is 0. The van der Waals surface area contributed by atoms with Crippen molar-refractivity contribution in [2.75, 3.05) is 11.1 Å². The Labute approximate surface area is 165 Å². The second-order valence-corrected chi connectivity index (χ2v) is 8.19. The fourth-order valence-electron chi connectivity index (χ4n) is 2.69. The Morgan fingerprint density at radius 3 is 2.56 bits per heavy atom. The maximum atomic E-state index is 12.5. The number of benzene rings is 3. The first kappa shape index (κ1) is 17.7. The van der Waals surface area contributed by atoms with Crippen molar-refractivity contribution >= 4 is 44.8 Å². The monoisotopic (exact) mass is 391 g/mol. The Hall–Kier alpha value is -2.70. The van der Waals surface area contributed by atoms with Gasteiger partial charge in [0.25, 0.3) is 0 Å². The molecule has 0 amide bonds. The van der Waals surface area contributed by atoms with Crippen LogP contribution < -0.4 is 5.32 Å². The number of aromatic nitrogens is 2. The van der Waals surface area contributed by atoms with E-state index in [0.29, 0.717) is 12.3 Å². The predicted molar refractivity (Wildman–Crippen MR) is 113 cm³/mol. The van der Waals surface area contributed by atoms with Crippen molar-refractivity contribution in [3.05, 3.63) is 83.9 Å². The van der Waals surface area contributed by atoms with Crippen LogP contribution >= 0.6 is 23.1 Å². The lowest BCUT2D eigenvalue weighted by Crippen LogP contribution is -2.02. The number of ketones is 1. The van der Waals surface area contributed by atoms with Crippen LogP contribution in [0.2, 0.25) is 0 Å². The van der Waals surface area contributed by atoms with Gasteiger partial charge in [-0.2, -0.15) is 0 Å². The number of hydrogen-bond acceptors (Lipinski definition) is 6. The molecule has 0 aliphatic carbocycles. The topological polar surface area (TPSA) is 54.9 Å². The van der Waals surface area contributed by atoms with E-state index < -0.39 is 0 Å². The van der Waals surface area contributed by atoms with Gasteiger partial charge in [0, 0.05) is 12.1 Å². The van der Waals surface area contributed by atoms with Crippen molar-refractivity contribution < 1.29 is 4.79 Å². The van der Waals surface area contributed by atoms with Gasteiger partial charge in [-0.3, -0.25) is 4.79 Å². The molecule has 4 aromatic rings. The maximum absolute atomic E-state index is 12.5. The number of carbonyl (C=O) groups is 1. The molecule has 134 valence electrons. The first-order valence-electron chi connectivity index (χ1n) is 8.54. The molecular weight excluding hydrogens is 374 g/mol. The van der Waals surface area contributed by atoms with Gasteiger partial charge in [-0.15, -0.1) is 10.2 Å². The quantitative estimate of drug-likeness (QED) is 0.343. The van der Waals surface area contributed by atoms with Gasteiger partial charge in [0.2, 0.25) is 5.13 Å². The zero-order chi connectivity index (χ0) is 18.5. The molecule has 3 aromatic carbocycles. The van der Waals surface area contributed by atoms with E-state index >= 15 is 0 Å². The van der Waals surface area contributed by atoms with Gasteiger partial charge in [-0.05, 0) is 22.4 Å². The van der Waals surface area contributed by atoms with Crippen molar-refractivity contribution in [3.8, 4) is 0 Å². The van der Waals surface area contributed by atoms with Crippen LogP contribution in [0.4, 0.5) is 5.13 Å². The lowest BCUT2D eigenvalue weighted by molar-refractivity contribution is 0.102. The van der Waals surface area contributed by atoms with Crippen molar-refractivity contribution in [3.63, 3.8) is 0 Å². The number of nitrogens with zero attached hydrogens (tertiary/aromatic N) is 2. The average Bonchev–Trinajstić information content (AvgIpc) is 3.19. The molecule has 1 aromatic heterocycles. The lowest BCUT2D eigenvalue weighted by atomic mass is 10.1. The molecule has 0 radical (unpaired) electrons. The molecule has 0 saturated carbocycles. The van der Waals surface area contributed by atoms with Crippen LogP contribution in [-0.4, -0.2) is 21.7 Å². The van der Waals surface area contributed by atoms with Gasteiger partial charge in [0.15, 0.2) is 10.1 Å². The number of thioether (sulfide) groups is 1. The molecule has 0 aliphatic rings. The Morgan fingerprint density at radius 2 is 1.70 bits per heavy atom. The average molecular weight is 392 g/mol. The number of anilines is 1. The van der Waals surface area contributed by atoms with Crippen molar-refractivity contribution in [2.24, 2.45) is 0 Å². The Morgan fingerprint density at radius 1 is 0.926 bits per heavy atom. The van der Waals surface area contributed by atoms with Crippen LogP contribution in [0.1, 0.15) is 15.9 Å². The van der Waals surface area contributed by atoms with Crippen LogP contribution in [-0.2, 0) is 6.54 Å². The molecule has 0 unspecified atom stereocenters. The number of nitrogens with one attached hydrogen (secondary N) is 1. The van der Waals surface area contributed by atoms with Gasteiger partial charge in [-0.1, -0.05) is 89.8 Å². The van der Waals surface area contributed by atoms with Gasteiger partial charge in [0.05, 0.1) is 5.75 Å². The first-order chi connectivity index (χ1) is 13.3. The summed E-state index contributed by atoms with van der Waals surface area (Å²) in [5, 5.41) is 14.6. The van der Waals surface area contributed by atoms with E-state index in [-0.39, 0.29) is 5.78 Å². The summed E-state index contributed by atoms with van der Waals surface area (Å²) >= 11 is 2.90. The fraction of sp³-hybridized carbons (Fsp3) is 0.0952. The van der Waals surface area contributed by atoms with Gasteiger partial charge >= 0.3 is 0 Å². The molecular formula is C21H17N3OS2. The van der Waals surface area contributed by atoms with Crippen molar-refractivity contribution in [2.45, 2.75) is 10.9 Å². The van der Waals surface area contributed by atoms with Crippen LogP contribution in [0.5, 0.6) is 0 Å². The van der Waals surface area contributed by atoms with Crippen molar-refractivity contribution in [1.29, 1.82) is 0 Å². The molecule has 0 aliphatic heterocycles. The smallest absolute Gasteiger partial charge is 0.206 e. The summed E-state index contributed by atoms with van der Waals surface area (Å²) in [6.45, 7) is 0.705. The van der Waals surface area contributed by atoms with E-state index in [1.807, 2.05) is 60.7 Å². The van der Waals surface area contributed by atoms with Crippen LogP contribution in [0.25, 0.3) is 10.8 Å². The molecule has 4 nitrogen and oxygen atoms in total. The molecule has 27 heavy (non-hydrogen) atoms. The highest BCUT2D eigenvalue weighted by molar-refractivity contribution is 8.01. The SMILES string of the molecule is O=C(CSc1nnc(NCc2ccccc2)s1)c1ccc2ccccc2c1. The van der Waals surface area contributed by atoms with E-state index in [4.69, 9.17) is 0 Å². The standard InChI is InChI=1S/C21H17N3OS2/c25-19(18-11-10-16-8-4-5-9-17(16)12-18)14-26-21-24-23-20(27-21)22-13-15-6-2-1-3-7-15/h1-12H,13-14H2,(H,22,23). The summed E-state index contributed by atoms with van der Waals surface area (Å²) < 4.78 is 0.791. The Balaban J connectivity index is 1.34. The molecule has 0 fully saturated rings. The minimum Gasteiger partial charge on any atom is -0.356 e.